The maximum atomic E-state index is 9.29. The fourth-order valence-corrected chi connectivity index (χ4v) is 2.19. The van der Waals surface area contributed by atoms with Crippen LogP contribution in [-0.4, -0.2) is 5.11 Å². The Kier molecular flexibility index (Phi) is 2.74. The average molecular weight is 200 g/mol. The summed E-state index contributed by atoms with van der Waals surface area (Å²) in [7, 11) is 0. The van der Waals surface area contributed by atoms with E-state index in [4.69, 9.17) is 0 Å². The zero-order valence-corrected chi connectivity index (χ0v) is 9.25. The van der Waals surface area contributed by atoms with Gasteiger partial charge in [-0.05, 0) is 42.5 Å². The summed E-state index contributed by atoms with van der Waals surface area (Å²) in [5.41, 5.74) is 6.31. The molecule has 1 aromatic carbocycles. The molecule has 0 fully saturated rings. The molecule has 1 aliphatic carbocycles. The number of allylic oxidation sites excluding steroid dienone is 4. The first kappa shape index (κ1) is 10.2. The van der Waals surface area contributed by atoms with Gasteiger partial charge in [-0.15, -0.1) is 0 Å². The van der Waals surface area contributed by atoms with Gasteiger partial charge in [-0.25, -0.2) is 0 Å². The van der Waals surface area contributed by atoms with Crippen LogP contribution in [0.3, 0.4) is 0 Å². The zero-order chi connectivity index (χ0) is 10.8. The molecule has 1 nitrogen and oxygen atoms in total. The molecule has 78 valence electrons. The fraction of sp³-hybridized carbons (Fsp3) is 0.286. The van der Waals surface area contributed by atoms with Gasteiger partial charge in [0.1, 0.15) is 0 Å². The highest BCUT2D eigenvalue weighted by molar-refractivity contribution is 5.77. The lowest BCUT2D eigenvalue weighted by atomic mass is 9.96. The number of aliphatic hydroxyl groups is 1. The Morgan fingerprint density at radius 1 is 1.20 bits per heavy atom. The van der Waals surface area contributed by atoms with Crippen LogP contribution in [0, 0.1) is 0 Å². The lowest BCUT2D eigenvalue weighted by molar-refractivity contribution is 0.281. The van der Waals surface area contributed by atoms with Crippen molar-refractivity contribution in [2.75, 3.05) is 0 Å². The lowest BCUT2D eigenvalue weighted by Gasteiger charge is -2.10. The van der Waals surface area contributed by atoms with Crippen molar-refractivity contribution in [3.05, 3.63) is 52.6 Å². The van der Waals surface area contributed by atoms with Crippen LogP contribution < -0.4 is 0 Å². The van der Waals surface area contributed by atoms with Crippen LogP contribution in [0.2, 0.25) is 0 Å². The fourth-order valence-electron chi connectivity index (χ4n) is 2.19. The topological polar surface area (TPSA) is 20.2 Å². The summed E-state index contributed by atoms with van der Waals surface area (Å²) in [5, 5.41) is 9.29. The molecule has 0 spiro atoms. The van der Waals surface area contributed by atoms with Crippen LogP contribution >= 0.6 is 0 Å². The summed E-state index contributed by atoms with van der Waals surface area (Å²) in [4.78, 5) is 0. The van der Waals surface area contributed by atoms with E-state index >= 15 is 0 Å². The molecule has 0 bridgehead atoms. The van der Waals surface area contributed by atoms with Gasteiger partial charge in [-0.2, -0.15) is 0 Å². The predicted octanol–water partition coefficient (Wildman–Crippen LogP) is 3.30. The molecule has 0 amide bonds. The van der Waals surface area contributed by atoms with E-state index in [1.165, 1.54) is 22.3 Å². The van der Waals surface area contributed by atoms with E-state index in [-0.39, 0.29) is 6.61 Å². The van der Waals surface area contributed by atoms with Gasteiger partial charge in [0, 0.05) is 0 Å². The third-order valence-corrected chi connectivity index (χ3v) is 2.91. The minimum absolute atomic E-state index is 0.117. The van der Waals surface area contributed by atoms with Gasteiger partial charge < -0.3 is 5.11 Å². The standard InChI is InChI=1S/C14H16O/c1-10-7-11(2)14(8-10)13-6-4-3-5-12(13)9-15/h3-7,15H,8-9H2,1-2H3. The second-order valence-corrected chi connectivity index (χ2v) is 4.14. The molecule has 1 N–H and O–H groups in total. The monoisotopic (exact) mass is 200 g/mol. The van der Waals surface area contributed by atoms with Gasteiger partial charge in [0.2, 0.25) is 0 Å². The van der Waals surface area contributed by atoms with Crippen molar-refractivity contribution in [2.45, 2.75) is 26.9 Å². The minimum atomic E-state index is 0.117. The van der Waals surface area contributed by atoms with Crippen LogP contribution in [0.15, 0.2) is 41.5 Å². The third kappa shape index (κ3) is 1.88. The Balaban J connectivity index is 2.44. The van der Waals surface area contributed by atoms with Crippen molar-refractivity contribution in [3.63, 3.8) is 0 Å². The lowest BCUT2D eigenvalue weighted by Crippen LogP contribution is -1.93. The molecule has 0 unspecified atom stereocenters. The molecule has 0 heterocycles. The van der Waals surface area contributed by atoms with Crippen LogP contribution in [0.25, 0.3) is 5.57 Å². The Morgan fingerprint density at radius 3 is 2.53 bits per heavy atom. The van der Waals surface area contributed by atoms with E-state index in [1.54, 1.807) is 0 Å². The highest BCUT2D eigenvalue weighted by Gasteiger charge is 2.14. The normalized spacial score (nSPS) is 15.8. The van der Waals surface area contributed by atoms with Crippen LogP contribution in [0.1, 0.15) is 31.4 Å². The largest absolute Gasteiger partial charge is 0.392 e. The van der Waals surface area contributed by atoms with Gasteiger partial charge in [0.25, 0.3) is 0 Å². The number of hydrogen-bond donors (Lipinski definition) is 1. The molecule has 15 heavy (non-hydrogen) atoms. The van der Waals surface area contributed by atoms with Crippen molar-refractivity contribution < 1.29 is 5.11 Å². The first-order chi connectivity index (χ1) is 7.22. The van der Waals surface area contributed by atoms with Gasteiger partial charge in [-0.1, -0.05) is 35.9 Å². The zero-order valence-electron chi connectivity index (χ0n) is 9.25. The average Bonchev–Trinajstić information content (AvgIpc) is 2.57. The SMILES string of the molecule is CC1=CC(C)=C(c2ccccc2CO)C1. The second-order valence-electron chi connectivity index (χ2n) is 4.14. The smallest absolute Gasteiger partial charge is 0.0687 e. The Hall–Kier alpha value is -1.34. The summed E-state index contributed by atoms with van der Waals surface area (Å²) >= 11 is 0. The van der Waals surface area contributed by atoms with Gasteiger partial charge in [0.05, 0.1) is 6.61 Å². The van der Waals surface area contributed by atoms with Crippen molar-refractivity contribution in [3.8, 4) is 0 Å². The van der Waals surface area contributed by atoms with Crippen LogP contribution in [0.4, 0.5) is 0 Å². The summed E-state index contributed by atoms with van der Waals surface area (Å²) in [6.07, 6.45) is 3.24. The molecular weight excluding hydrogens is 184 g/mol. The van der Waals surface area contributed by atoms with Crippen molar-refractivity contribution in [2.24, 2.45) is 0 Å². The number of aliphatic hydroxyl groups excluding tert-OH is 1. The van der Waals surface area contributed by atoms with Crippen LogP contribution in [-0.2, 0) is 6.61 Å². The Morgan fingerprint density at radius 2 is 1.93 bits per heavy atom. The molecule has 1 heteroatoms. The molecule has 0 aliphatic heterocycles. The van der Waals surface area contributed by atoms with Gasteiger partial charge in [0.15, 0.2) is 0 Å². The molecule has 2 rings (SSSR count). The molecule has 0 saturated carbocycles. The summed E-state index contributed by atoms with van der Waals surface area (Å²) in [6.45, 7) is 4.41. The van der Waals surface area contributed by atoms with E-state index < -0.39 is 0 Å². The molecule has 0 atom stereocenters. The highest BCUT2D eigenvalue weighted by atomic mass is 16.3. The second kappa shape index (κ2) is 4.03. The van der Waals surface area contributed by atoms with E-state index in [2.05, 4.69) is 26.0 Å². The Bertz CT molecular complexity index is 438. The molecular formula is C14H16O. The number of hydrogen-bond acceptors (Lipinski definition) is 1. The molecule has 1 aromatic rings. The first-order valence-electron chi connectivity index (χ1n) is 5.28. The molecule has 1 aliphatic rings. The van der Waals surface area contributed by atoms with E-state index in [9.17, 15) is 5.11 Å². The van der Waals surface area contributed by atoms with E-state index in [1.807, 2.05) is 18.2 Å². The summed E-state index contributed by atoms with van der Waals surface area (Å²) < 4.78 is 0. The van der Waals surface area contributed by atoms with E-state index in [0.717, 1.165) is 12.0 Å². The molecule has 0 saturated heterocycles. The summed E-state index contributed by atoms with van der Waals surface area (Å²) in [6, 6.07) is 8.09. The number of rotatable bonds is 2. The number of benzene rings is 1. The maximum Gasteiger partial charge on any atom is 0.0687 e. The minimum Gasteiger partial charge on any atom is -0.392 e. The molecule has 0 radical (unpaired) electrons. The van der Waals surface area contributed by atoms with Crippen LogP contribution in [0.5, 0.6) is 0 Å². The van der Waals surface area contributed by atoms with Gasteiger partial charge >= 0.3 is 0 Å². The summed E-state index contributed by atoms with van der Waals surface area (Å²) in [5.74, 6) is 0. The Labute approximate surface area is 90.8 Å². The van der Waals surface area contributed by atoms with Crippen molar-refractivity contribution >= 4 is 5.57 Å². The third-order valence-electron chi connectivity index (χ3n) is 2.91. The van der Waals surface area contributed by atoms with Gasteiger partial charge in [-0.3, -0.25) is 0 Å². The predicted molar refractivity (Wildman–Crippen MR) is 63.3 cm³/mol. The van der Waals surface area contributed by atoms with E-state index in [0.29, 0.717) is 0 Å². The van der Waals surface area contributed by atoms with Crippen molar-refractivity contribution in [1.29, 1.82) is 0 Å². The van der Waals surface area contributed by atoms with Crippen molar-refractivity contribution in [1.82, 2.24) is 0 Å². The molecule has 0 aromatic heterocycles. The highest BCUT2D eigenvalue weighted by Crippen LogP contribution is 2.34. The quantitative estimate of drug-likeness (QED) is 0.776. The maximum absolute atomic E-state index is 9.29. The first-order valence-corrected chi connectivity index (χ1v) is 5.28.